The molecule has 5 nitrogen and oxygen atoms in total. The summed E-state index contributed by atoms with van der Waals surface area (Å²) in [6.45, 7) is 4.66. The highest BCUT2D eigenvalue weighted by molar-refractivity contribution is 5.33. The minimum atomic E-state index is 0.0117. The molecule has 0 aliphatic carbocycles. The zero-order valence-corrected chi connectivity index (χ0v) is 17.1. The van der Waals surface area contributed by atoms with Crippen LogP contribution < -0.4 is 0 Å². The van der Waals surface area contributed by atoms with Crippen LogP contribution in [-0.4, -0.2) is 31.7 Å². The maximum Gasteiger partial charge on any atom is 0.173 e. The highest BCUT2D eigenvalue weighted by atomic mass is 15.5. The zero-order valence-electron chi connectivity index (χ0n) is 17.1. The van der Waals surface area contributed by atoms with E-state index in [1.807, 2.05) is 10.7 Å². The van der Waals surface area contributed by atoms with Crippen molar-refractivity contribution in [3.8, 4) is 0 Å². The van der Waals surface area contributed by atoms with E-state index in [1.54, 1.807) is 0 Å². The molecule has 0 bridgehead atoms. The van der Waals surface area contributed by atoms with E-state index in [2.05, 4.69) is 100 Å². The molecule has 30 heavy (non-hydrogen) atoms. The number of fused-ring (bicyclic) bond motifs is 1. The number of tetrazole rings is 1. The molecule has 1 aliphatic heterocycles. The van der Waals surface area contributed by atoms with Gasteiger partial charge in [0.05, 0.1) is 12.6 Å². The Balaban J connectivity index is 1.53. The van der Waals surface area contributed by atoms with Crippen LogP contribution in [0.3, 0.4) is 0 Å². The van der Waals surface area contributed by atoms with Crippen LogP contribution in [0.5, 0.6) is 0 Å². The maximum atomic E-state index is 4.50. The van der Waals surface area contributed by atoms with Gasteiger partial charge >= 0.3 is 0 Å². The number of aromatic nitrogens is 4. The fourth-order valence-electron chi connectivity index (χ4n) is 4.29. The van der Waals surface area contributed by atoms with Gasteiger partial charge in [0.25, 0.3) is 0 Å². The fourth-order valence-corrected chi connectivity index (χ4v) is 4.29. The molecule has 0 saturated heterocycles. The smallest absolute Gasteiger partial charge is 0.173 e. The summed E-state index contributed by atoms with van der Waals surface area (Å²) in [5.41, 5.74) is 6.51. The molecular formula is C25H25N5. The van der Waals surface area contributed by atoms with E-state index < -0.39 is 0 Å². The molecule has 5 rings (SSSR count). The highest BCUT2D eigenvalue weighted by Crippen LogP contribution is 2.32. The van der Waals surface area contributed by atoms with Gasteiger partial charge in [0.1, 0.15) is 0 Å². The minimum Gasteiger partial charge on any atom is -0.285 e. The van der Waals surface area contributed by atoms with Crippen LogP contribution in [0.15, 0.2) is 78.9 Å². The Kier molecular flexibility index (Phi) is 5.11. The first-order valence-electron chi connectivity index (χ1n) is 10.5. The molecule has 2 heterocycles. The molecule has 0 fully saturated rings. The summed E-state index contributed by atoms with van der Waals surface area (Å²) in [6, 6.07) is 27.9. The number of aryl methyl sites for hydroxylation is 1. The number of rotatable bonds is 5. The summed E-state index contributed by atoms with van der Waals surface area (Å²) >= 11 is 0. The molecule has 150 valence electrons. The Morgan fingerprint density at radius 2 is 1.60 bits per heavy atom. The molecule has 0 saturated carbocycles. The van der Waals surface area contributed by atoms with Crippen molar-refractivity contribution in [2.45, 2.75) is 32.5 Å². The van der Waals surface area contributed by atoms with Crippen LogP contribution in [0.2, 0.25) is 0 Å². The quantitative estimate of drug-likeness (QED) is 0.509. The van der Waals surface area contributed by atoms with Crippen molar-refractivity contribution in [3.63, 3.8) is 0 Å². The summed E-state index contributed by atoms with van der Waals surface area (Å²) in [5.74, 6) is 0.891. The highest BCUT2D eigenvalue weighted by Gasteiger charge is 2.30. The molecule has 1 aromatic heterocycles. The first kappa shape index (κ1) is 18.7. The van der Waals surface area contributed by atoms with Crippen molar-refractivity contribution in [2.24, 2.45) is 0 Å². The van der Waals surface area contributed by atoms with Gasteiger partial charge in [0.15, 0.2) is 5.82 Å². The summed E-state index contributed by atoms with van der Waals surface area (Å²) < 4.78 is 1.94. The van der Waals surface area contributed by atoms with Crippen molar-refractivity contribution in [3.05, 3.63) is 113 Å². The van der Waals surface area contributed by atoms with Crippen LogP contribution in [0, 0.1) is 6.92 Å². The largest absolute Gasteiger partial charge is 0.285 e. The van der Waals surface area contributed by atoms with Crippen molar-refractivity contribution in [2.75, 3.05) is 6.54 Å². The molecular weight excluding hydrogens is 370 g/mol. The number of hydrogen-bond donors (Lipinski definition) is 0. The molecule has 0 unspecified atom stereocenters. The molecule has 1 atom stereocenters. The van der Waals surface area contributed by atoms with E-state index in [1.165, 1.54) is 27.8 Å². The van der Waals surface area contributed by atoms with Crippen LogP contribution in [0.1, 0.15) is 39.7 Å². The third kappa shape index (κ3) is 3.76. The fraction of sp³-hybridized carbons (Fsp3) is 0.240. The Bertz CT molecular complexity index is 1120. The number of hydrogen-bond acceptors (Lipinski definition) is 4. The van der Waals surface area contributed by atoms with E-state index in [0.29, 0.717) is 6.54 Å². The molecule has 1 aliphatic rings. The Hall–Kier alpha value is -3.31. The summed E-state index contributed by atoms with van der Waals surface area (Å²) in [6.07, 6.45) is 1.04. The lowest BCUT2D eigenvalue weighted by Crippen LogP contribution is -2.36. The van der Waals surface area contributed by atoms with Gasteiger partial charge in [-0.25, -0.2) is 4.68 Å². The average Bonchev–Trinajstić information content (AvgIpc) is 3.23. The molecule has 0 amide bonds. The second kappa shape index (κ2) is 8.20. The summed E-state index contributed by atoms with van der Waals surface area (Å²) in [7, 11) is 0. The third-order valence-corrected chi connectivity index (χ3v) is 5.90. The van der Waals surface area contributed by atoms with Crippen LogP contribution in [0.4, 0.5) is 0 Å². The Labute approximate surface area is 177 Å². The third-order valence-electron chi connectivity index (χ3n) is 5.90. The van der Waals surface area contributed by atoms with Crippen molar-refractivity contribution < 1.29 is 0 Å². The van der Waals surface area contributed by atoms with Gasteiger partial charge in [-0.3, -0.25) is 4.90 Å². The van der Waals surface area contributed by atoms with Gasteiger partial charge in [-0.15, -0.1) is 5.10 Å². The molecule has 0 radical (unpaired) electrons. The first-order valence-corrected chi connectivity index (χ1v) is 10.5. The molecule has 0 spiro atoms. The summed E-state index contributed by atoms with van der Waals surface area (Å²) in [5, 5.41) is 12.9. The van der Waals surface area contributed by atoms with E-state index in [0.717, 1.165) is 25.3 Å². The summed E-state index contributed by atoms with van der Waals surface area (Å²) in [4.78, 5) is 2.50. The lowest BCUT2D eigenvalue weighted by Gasteiger charge is -2.35. The van der Waals surface area contributed by atoms with Gasteiger partial charge < -0.3 is 0 Å². The lowest BCUT2D eigenvalue weighted by atomic mass is 9.95. The van der Waals surface area contributed by atoms with Crippen molar-refractivity contribution in [1.29, 1.82) is 0 Å². The predicted octanol–water partition coefficient (Wildman–Crippen LogP) is 4.18. The van der Waals surface area contributed by atoms with E-state index in [-0.39, 0.29) is 6.04 Å². The van der Waals surface area contributed by atoms with E-state index in [4.69, 9.17) is 0 Å². The van der Waals surface area contributed by atoms with E-state index in [9.17, 15) is 0 Å². The van der Waals surface area contributed by atoms with E-state index >= 15 is 0 Å². The van der Waals surface area contributed by atoms with Crippen molar-refractivity contribution >= 4 is 0 Å². The predicted molar refractivity (Wildman–Crippen MR) is 117 cm³/mol. The zero-order chi connectivity index (χ0) is 20.3. The topological polar surface area (TPSA) is 46.8 Å². The molecule has 4 aromatic rings. The number of benzene rings is 3. The SMILES string of the molecule is Cc1ccc([C@H](c2nnnn2Cc2ccccc2)N2CCc3ccccc3C2)cc1. The van der Waals surface area contributed by atoms with Crippen LogP contribution in [0.25, 0.3) is 0 Å². The number of nitrogens with zero attached hydrogens (tertiary/aromatic N) is 5. The van der Waals surface area contributed by atoms with Gasteiger partial charge in [0, 0.05) is 13.1 Å². The Morgan fingerprint density at radius 1 is 0.867 bits per heavy atom. The normalized spacial score (nSPS) is 15.0. The monoisotopic (exact) mass is 395 g/mol. The van der Waals surface area contributed by atoms with Crippen LogP contribution >= 0.6 is 0 Å². The molecule has 3 aromatic carbocycles. The molecule has 0 N–H and O–H groups in total. The van der Waals surface area contributed by atoms with Gasteiger partial charge in [0.2, 0.25) is 0 Å². The lowest BCUT2D eigenvalue weighted by molar-refractivity contribution is 0.195. The average molecular weight is 396 g/mol. The van der Waals surface area contributed by atoms with Crippen molar-refractivity contribution in [1.82, 2.24) is 25.1 Å². The second-order valence-corrected chi connectivity index (χ2v) is 7.98. The standard InChI is InChI=1S/C25H25N5/c1-19-11-13-22(14-12-19)24(29-16-15-21-9-5-6-10-23(21)18-29)25-26-27-28-30(25)17-20-7-3-2-4-8-20/h2-14,24H,15-18H2,1H3/t24-/m1/s1. The maximum absolute atomic E-state index is 4.50. The first-order chi connectivity index (χ1) is 14.8. The Morgan fingerprint density at radius 3 is 2.40 bits per heavy atom. The van der Waals surface area contributed by atoms with Gasteiger partial charge in [-0.1, -0.05) is 84.4 Å². The second-order valence-electron chi connectivity index (χ2n) is 7.98. The van der Waals surface area contributed by atoms with Gasteiger partial charge in [-0.05, 0) is 46.0 Å². The van der Waals surface area contributed by atoms with Crippen LogP contribution in [-0.2, 0) is 19.5 Å². The minimum absolute atomic E-state index is 0.0117. The molecule has 5 heteroatoms. The van der Waals surface area contributed by atoms with Gasteiger partial charge in [-0.2, -0.15) is 0 Å².